The molecule has 0 bridgehead atoms. The van der Waals surface area contributed by atoms with Gasteiger partial charge in [-0.2, -0.15) is 0 Å². The van der Waals surface area contributed by atoms with Crippen LogP contribution in [-0.4, -0.2) is 6.21 Å². The average Bonchev–Trinajstić information content (AvgIpc) is 2.35. The summed E-state index contributed by atoms with van der Waals surface area (Å²) in [5, 5.41) is 4.44. The standard InChI is InChI=1S/C14H11ClFNO/c15-13-5-1-3-11(7-13)9-17-18-10-12-4-2-6-14(16)8-12/h1-9H,10H2. The van der Waals surface area contributed by atoms with E-state index in [2.05, 4.69) is 5.16 Å². The van der Waals surface area contributed by atoms with E-state index < -0.39 is 0 Å². The van der Waals surface area contributed by atoms with Crippen molar-refractivity contribution in [1.29, 1.82) is 0 Å². The van der Waals surface area contributed by atoms with Gasteiger partial charge in [0.1, 0.15) is 12.4 Å². The van der Waals surface area contributed by atoms with Gasteiger partial charge in [0.05, 0.1) is 6.21 Å². The first-order valence-corrected chi connectivity index (χ1v) is 5.77. The summed E-state index contributed by atoms with van der Waals surface area (Å²) >= 11 is 5.83. The molecule has 0 atom stereocenters. The number of rotatable bonds is 4. The number of benzene rings is 2. The fraction of sp³-hybridized carbons (Fsp3) is 0.0714. The van der Waals surface area contributed by atoms with Crippen LogP contribution in [-0.2, 0) is 11.4 Å². The van der Waals surface area contributed by atoms with E-state index in [-0.39, 0.29) is 12.4 Å². The van der Waals surface area contributed by atoms with E-state index >= 15 is 0 Å². The average molecular weight is 264 g/mol. The zero-order valence-corrected chi connectivity index (χ0v) is 10.3. The zero-order valence-electron chi connectivity index (χ0n) is 9.51. The van der Waals surface area contributed by atoms with Crippen molar-refractivity contribution >= 4 is 17.8 Å². The molecular formula is C14H11ClFNO. The molecule has 0 aliphatic heterocycles. The number of nitrogens with zero attached hydrogens (tertiary/aromatic N) is 1. The van der Waals surface area contributed by atoms with Gasteiger partial charge < -0.3 is 4.84 Å². The second kappa shape index (κ2) is 6.17. The molecule has 0 radical (unpaired) electrons. The highest BCUT2D eigenvalue weighted by Crippen LogP contribution is 2.09. The highest BCUT2D eigenvalue weighted by Gasteiger charge is 1.95. The molecule has 0 saturated heterocycles. The maximum Gasteiger partial charge on any atom is 0.142 e. The largest absolute Gasteiger partial charge is 0.391 e. The second-order valence-corrected chi connectivity index (χ2v) is 4.13. The lowest BCUT2D eigenvalue weighted by Crippen LogP contribution is -1.89. The van der Waals surface area contributed by atoms with Crippen LogP contribution in [0.5, 0.6) is 0 Å². The quantitative estimate of drug-likeness (QED) is 0.603. The van der Waals surface area contributed by atoms with Gasteiger partial charge >= 0.3 is 0 Å². The van der Waals surface area contributed by atoms with Gasteiger partial charge in [-0.25, -0.2) is 4.39 Å². The van der Waals surface area contributed by atoms with Crippen LogP contribution in [0.4, 0.5) is 4.39 Å². The summed E-state index contributed by atoms with van der Waals surface area (Å²) in [5.74, 6) is -0.282. The molecule has 0 aromatic heterocycles. The summed E-state index contributed by atoms with van der Waals surface area (Å²) in [6.45, 7) is 0.231. The van der Waals surface area contributed by atoms with Gasteiger partial charge in [-0.3, -0.25) is 0 Å². The van der Waals surface area contributed by atoms with Gasteiger partial charge in [-0.1, -0.05) is 41.0 Å². The van der Waals surface area contributed by atoms with Crippen LogP contribution < -0.4 is 0 Å². The normalized spacial score (nSPS) is 10.8. The SMILES string of the molecule is Fc1cccc(CON=Cc2cccc(Cl)c2)c1. The zero-order chi connectivity index (χ0) is 12.8. The summed E-state index contributed by atoms with van der Waals surface area (Å²) in [4.78, 5) is 5.08. The molecule has 0 N–H and O–H groups in total. The minimum absolute atomic E-state index is 0.231. The summed E-state index contributed by atoms with van der Waals surface area (Å²) in [6.07, 6.45) is 1.56. The predicted molar refractivity (Wildman–Crippen MR) is 70.2 cm³/mol. The molecule has 0 heterocycles. The summed E-state index contributed by atoms with van der Waals surface area (Å²) in [7, 11) is 0. The molecule has 0 aliphatic carbocycles. The molecule has 4 heteroatoms. The Morgan fingerprint density at radius 1 is 1.17 bits per heavy atom. The highest BCUT2D eigenvalue weighted by molar-refractivity contribution is 6.30. The van der Waals surface area contributed by atoms with Crippen LogP contribution >= 0.6 is 11.6 Å². The molecule has 2 aromatic rings. The van der Waals surface area contributed by atoms with Crippen molar-refractivity contribution in [3.63, 3.8) is 0 Å². The smallest absolute Gasteiger partial charge is 0.142 e. The van der Waals surface area contributed by atoms with E-state index in [0.717, 1.165) is 11.1 Å². The Kier molecular flexibility index (Phi) is 4.31. The van der Waals surface area contributed by atoms with Crippen LogP contribution in [0.25, 0.3) is 0 Å². The van der Waals surface area contributed by atoms with Gasteiger partial charge in [0, 0.05) is 5.02 Å². The topological polar surface area (TPSA) is 21.6 Å². The maximum absolute atomic E-state index is 12.9. The lowest BCUT2D eigenvalue weighted by atomic mass is 10.2. The minimum Gasteiger partial charge on any atom is -0.391 e. The van der Waals surface area contributed by atoms with Crippen LogP contribution in [0.2, 0.25) is 5.02 Å². The van der Waals surface area contributed by atoms with Crippen molar-refractivity contribution in [2.24, 2.45) is 5.16 Å². The van der Waals surface area contributed by atoms with Crippen molar-refractivity contribution < 1.29 is 9.23 Å². The third-order valence-electron chi connectivity index (χ3n) is 2.25. The van der Waals surface area contributed by atoms with Gasteiger partial charge in [0.25, 0.3) is 0 Å². The molecule has 18 heavy (non-hydrogen) atoms. The molecule has 0 aliphatic rings. The third kappa shape index (κ3) is 3.86. The fourth-order valence-electron chi connectivity index (χ4n) is 1.42. The first kappa shape index (κ1) is 12.6. The van der Waals surface area contributed by atoms with Crippen molar-refractivity contribution in [2.45, 2.75) is 6.61 Å². The molecule has 0 spiro atoms. The van der Waals surface area contributed by atoms with Gasteiger partial charge in [0.15, 0.2) is 0 Å². The van der Waals surface area contributed by atoms with E-state index in [9.17, 15) is 4.39 Å². The van der Waals surface area contributed by atoms with Crippen molar-refractivity contribution in [1.82, 2.24) is 0 Å². The predicted octanol–water partition coefficient (Wildman–Crippen LogP) is 4.03. The summed E-state index contributed by atoms with van der Waals surface area (Å²) in [5.41, 5.74) is 1.58. The van der Waals surface area contributed by atoms with E-state index in [0.29, 0.717) is 5.02 Å². The van der Waals surface area contributed by atoms with Crippen LogP contribution in [0.3, 0.4) is 0 Å². The maximum atomic E-state index is 12.9. The Morgan fingerprint density at radius 2 is 2.00 bits per heavy atom. The Bertz CT molecular complexity index is 557. The molecule has 0 amide bonds. The van der Waals surface area contributed by atoms with Gasteiger partial charge in [0.2, 0.25) is 0 Å². The van der Waals surface area contributed by atoms with Crippen molar-refractivity contribution in [2.75, 3.05) is 0 Å². The molecule has 0 fully saturated rings. The van der Waals surface area contributed by atoms with E-state index in [1.165, 1.54) is 12.1 Å². The Balaban J connectivity index is 1.89. The van der Waals surface area contributed by atoms with Crippen LogP contribution in [0.15, 0.2) is 53.7 Å². The fourth-order valence-corrected chi connectivity index (χ4v) is 1.62. The van der Waals surface area contributed by atoms with Gasteiger partial charge in [-0.05, 0) is 35.4 Å². The lowest BCUT2D eigenvalue weighted by Gasteiger charge is -1.99. The molecule has 92 valence electrons. The molecule has 2 aromatic carbocycles. The Labute approximate surface area is 110 Å². The van der Waals surface area contributed by atoms with E-state index in [4.69, 9.17) is 16.4 Å². The van der Waals surface area contributed by atoms with Gasteiger partial charge in [-0.15, -0.1) is 0 Å². The number of oxime groups is 1. The minimum atomic E-state index is -0.282. The van der Waals surface area contributed by atoms with E-state index in [1.807, 2.05) is 12.1 Å². The Hall–Kier alpha value is -1.87. The molecule has 0 unspecified atom stereocenters. The van der Waals surface area contributed by atoms with Crippen LogP contribution in [0, 0.1) is 5.82 Å². The Morgan fingerprint density at radius 3 is 2.78 bits per heavy atom. The second-order valence-electron chi connectivity index (χ2n) is 3.69. The first-order valence-electron chi connectivity index (χ1n) is 5.39. The molecular weight excluding hydrogens is 253 g/mol. The summed E-state index contributed by atoms with van der Waals surface area (Å²) in [6, 6.07) is 13.5. The van der Waals surface area contributed by atoms with Crippen molar-refractivity contribution in [3.8, 4) is 0 Å². The summed E-state index contributed by atoms with van der Waals surface area (Å²) < 4.78 is 12.9. The highest BCUT2D eigenvalue weighted by atomic mass is 35.5. The molecule has 0 saturated carbocycles. The molecule has 2 nitrogen and oxygen atoms in total. The third-order valence-corrected chi connectivity index (χ3v) is 2.48. The number of hydrogen-bond donors (Lipinski definition) is 0. The first-order chi connectivity index (χ1) is 8.74. The lowest BCUT2D eigenvalue weighted by molar-refractivity contribution is 0.132. The van der Waals surface area contributed by atoms with E-state index in [1.54, 1.807) is 30.5 Å². The number of hydrogen-bond acceptors (Lipinski definition) is 2. The molecule has 2 rings (SSSR count). The number of halogens is 2. The van der Waals surface area contributed by atoms with Crippen molar-refractivity contribution in [3.05, 3.63) is 70.5 Å². The van der Waals surface area contributed by atoms with Crippen LogP contribution in [0.1, 0.15) is 11.1 Å². The monoisotopic (exact) mass is 263 g/mol.